The van der Waals surface area contributed by atoms with Crippen LogP contribution in [-0.4, -0.2) is 26.9 Å². The molecule has 108 valence electrons. The summed E-state index contributed by atoms with van der Waals surface area (Å²) in [5.41, 5.74) is 1.20. The Morgan fingerprint density at radius 1 is 1.32 bits per heavy atom. The zero-order valence-electron chi connectivity index (χ0n) is 12.0. The molecular weight excluding hydrogens is 306 g/mol. The van der Waals surface area contributed by atoms with Gasteiger partial charge in [0.15, 0.2) is 0 Å². The van der Waals surface area contributed by atoms with Crippen LogP contribution in [0.1, 0.15) is 38.3 Å². The minimum atomic E-state index is 0.297. The summed E-state index contributed by atoms with van der Waals surface area (Å²) >= 11 is 3.50. The first kappa shape index (κ1) is 16.5. The lowest BCUT2D eigenvalue weighted by Crippen LogP contribution is -2.20. The number of halogens is 1. The molecule has 0 saturated heterocycles. The van der Waals surface area contributed by atoms with Gasteiger partial charge >= 0.3 is 0 Å². The summed E-state index contributed by atoms with van der Waals surface area (Å²) in [5, 5.41) is 3.49. The van der Waals surface area contributed by atoms with Gasteiger partial charge in [0, 0.05) is 36.2 Å². The van der Waals surface area contributed by atoms with Gasteiger partial charge in [0.25, 0.3) is 0 Å². The number of hydrogen-bond acceptors (Lipinski definition) is 3. The standard InChI is InChI=1S/C15H24BrNO2/c1-4-8-17-12(2)14-7-6-13(16)11-15(14)19-10-5-9-18-3/h6-7,11-12,17H,4-5,8-10H2,1-3H3. The van der Waals surface area contributed by atoms with Crippen LogP contribution in [0.3, 0.4) is 0 Å². The van der Waals surface area contributed by atoms with Gasteiger partial charge in [-0.25, -0.2) is 0 Å². The summed E-state index contributed by atoms with van der Waals surface area (Å²) in [7, 11) is 1.71. The van der Waals surface area contributed by atoms with Gasteiger partial charge in [0.2, 0.25) is 0 Å². The molecule has 0 radical (unpaired) electrons. The predicted octanol–water partition coefficient (Wildman–Crippen LogP) is 3.93. The van der Waals surface area contributed by atoms with E-state index in [1.165, 1.54) is 5.56 Å². The lowest BCUT2D eigenvalue weighted by Gasteiger charge is -2.18. The molecule has 0 aliphatic carbocycles. The zero-order chi connectivity index (χ0) is 14.1. The quantitative estimate of drug-likeness (QED) is 0.696. The minimum Gasteiger partial charge on any atom is -0.493 e. The average Bonchev–Trinajstić information content (AvgIpc) is 2.41. The van der Waals surface area contributed by atoms with Crippen LogP contribution in [0.5, 0.6) is 5.75 Å². The summed E-state index contributed by atoms with van der Waals surface area (Å²) < 4.78 is 11.9. The number of methoxy groups -OCH3 is 1. The van der Waals surface area contributed by atoms with Gasteiger partial charge in [0.05, 0.1) is 6.61 Å². The molecule has 0 heterocycles. The van der Waals surface area contributed by atoms with Crippen molar-refractivity contribution in [2.75, 3.05) is 26.9 Å². The number of hydrogen-bond donors (Lipinski definition) is 1. The number of ether oxygens (including phenoxy) is 2. The van der Waals surface area contributed by atoms with Gasteiger partial charge in [-0.05, 0) is 32.0 Å². The molecule has 3 nitrogen and oxygen atoms in total. The van der Waals surface area contributed by atoms with Crippen molar-refractivity contribution in [1.29, 1.82) is 0 Å². The zero-order valence-corrected chi connectivity index (χ0v) is 13.6. The average molecular weight is 330 g/mol. The van der Waals surface area contributed by atoms with E-state index < -0.39 is 0 Å². The maximum absolute atomic E-state index is 5.87. The van der Waals surface area contributed by atoms with Crippen molar-refractivity contribution in [2.24, 2.45) is 0 Å². The monoisotopic (exact) mass is 329 g/mol. The largest absolute Gasteiger partial charge is 0.493 e. The highest BCUT2D eigenvalue weighted by molar-refractivity contribution is 9.10. The molecule has 1 aromatic rings. The first-order valence-corrected chi connectivity index (χ1v) is 7.63. The van der Waals surface area contributed by atoms with Crippen LogP contribution in [0.4, 0.5) is 0 Å². The third kappa shape index (κ3) is 5.93. The van der Waals surface area contributed by atoms with Gasteiger partial charge < -0.3 is 14.8 Å². The molecule has 0 spiro atoms. The second kappa shape index (κ2) is 9.34. The lowest BCUT2D eigenvalue weighted by atomic mass is 10.1. The maximum Gasteiger partial charge on any atom is 0.125 e. The molecule has 19 heavy (non-hydrogen) atoms. The lowest BCUT2D eigenvalue weighted by molar-refractivity contribution is 0.171. The highest BCUT2D eigenvalue weighted by Gasteiger charge is 2.11. The van der Waals surface area contributed by atoms with Crippen molar-refractivity contribution >= 4 is 15.9 Å². The van der Waals surface area contributed by atoms with E-state index in [1.807, 2.05) is 6.07 Å². The van der Waals surface area contributed by atoms with Crippen molar-refractivity contribution in [3.8, 4) is 5.75 Å². The fraction of sp³-hybridized carbons (Fsp3) is 0.600. The van der Waals surface area contributed by atoms with Gasteiger partial charge in [-0.1, -0.05) is 28.9 Å². The molecule has 1 rings (SSSR count). The normalized spacial score (nSPS) is 12.4. The molecule has 1 unspecified atom stereocenters. The highest BCUT2D eigenvalue weighted by atomic mass is 79.9. The van der Waals surface area contributed by atoms with Crippen LogP contribution in [-0.2, 0) is 4.74 Å². The van der Waals surface area contributed by atoms with E-state index in [0.29, 0.717) is 12.6 Å². The van der Waals surface area contributed by atoms with E-state index >= 15 is 0 Å². The van der Waals surface area contributed by atoms with Gasteiger partial charge in [0.1, 0.15) is 5.75 Å². The minimum absolute atomic E-state index is 0.297. The van der Waals surface area contributed by atoms with Crippen LogP contribution in [0.2, 0.25) is 0 Å². The fourth-order valence-electron chi connectivity index (χ4n) is 1.85. The van der Waals surface area contributed by atoms with Crippen LogP contribution in [0, 0.1) is 0 Å². The topological polar surface area (TPSA) is 30.5 Å². The molecule has 0 aliphatic rings. The Bertz CT molecular complexity index is 371. The summed E-state index contributed by atoms with van der Waals surface area (Å²) in [6.45, 7) is 6.76. The van der Waals surface area contributed by atoms with E-state index in [1.54, 1.807) is 7.11 Å². The third-order valence-corrected chi connectivity index (χ3v) is 3.39. The Kier molecular flexibility index (Phi) is 8.10. The van der Waals surface area contributed by atoms with Gasteiger partial charge in [-0.15, -0.1) is 0 Å². The summed E-state index contributed by atoms with van der Waals surface area (Å²) in [6.07, 6.45) is 2.03. The van der Waals surface area contributed by atoms with E-state index in [9.17, 15) is 0 Å². The molecule has 0 amide bonds. The van der Waals surface area contributed by atoms with Crippen molar-refractivity contribution in [2.45, 2.75) is 32.7 Å². The Balaban J connectivity index is 2.67. The fourth-order valence-corrected chi connectivity index (χ4v) is 2.19. The molecule has 0 aliphatic heterocycles. The van der Waals surface area contributed by atoms with Crippen LogP contribution < -0.4 is 10.1 Å². The highest BCUT2D eigenvalue weighted by Crippen LogP contribution is 2.28. The van der Waals surface area contributed by atoms with Gasteiger partial charge in [-0.2, -0.15) is 0 Å². The van der Waals surface area contributed by atoms with Crippen LogP contribution in [0.15, 0.2) is 22.7 Å². The Labute approximate surface area is 124 Å². The van der Waals surface area contributed by atoms with Gasteiger partial charge in [-0.3, -0.25) is 0 Å². The SMILES string of the molecule is CCCNC(C)c1ccc(Br)cc1OCCCOC. The third-order valence-electron chi connectivity index (χ3n) is 2.89. The van der Waals surface area contributed by atoms with Crippen molar-refractivity contribution in [3.63, 3.8) is 0 Å². The Morgan fingerprint density at radius 2 is 2.11 bits per heavy atom. The molecular formula is C15H24BrNO2. The summed E-state index contributed by atoms with van der Waals surface area (Å²) in [6, 6.07) is 6.50. The molecule has 1 N–H and O–H groups in total. The molecule has 0 aromatic heterocycles. The predicted molar refractivity (Wildman–Crippen MR) is 82.8 cm³/mol. The number of rotatable bonds is 9. The smallest absolute Gasteiger partial charge is 0.125 e. The van der Waals surface area contributed by atoms with E-state index in [-0.39, 0.29) is 0 Å². The van der Waals surface area contributed by atoms with Crippen LogP contribution >= 0.6 is 15.9 Å². The van der Waals surface area contributed by atoms with E-state index in [2.05, 4.69) is 47.2 Å². The maximum atomic E-state index is 5.87. The van der Waals surface area contributed by atoms with Crippen molar-refractivity contribution in [3.05, 3.63) is 28.2 Å². The van der Waals surface area contributed by atoms with E-state index in [0.717, 1.165) is 36.2 Å². The summed E-state index contributed by atoms with van der Waals surface area (Å²) in [5.74, 6) is 0.946. The second-order valence-corrected chi connectivity index (χ2v) is 5.47. The van der Waals surface area contributed by atoms with E-state index in [4.69, 9.17) is 9.47 Å². The molecule has 4 heteroatoms. The molecule has 0 saturated carbocycles. The Morgan fingerprint density at radius 3 is 2.79 bits per heavy atom. The first-order chi connectivity index (χ1) is 9.19. The van der Waals surface area contributed by atoms with Crippen molar-refractivity contribution in [1.82, 2.24) is 5.32 Å². The Hall–Kier alpha value is -0.580. The molecule has 0 bridgehead atoms. The van der Waals surface area contributed by atoms with Crippen LogP contribution in [0.25, 0.3) is 0 Å². The number of benzene rings is 1. The first-order valence-electron chi connectivity index (χ1n) is 6.83. The molecule has 1 atom stereocenters. The van der Waals surface area contributed by atoms with Crippen molar-refractivity contribution < 1.29 is 9.47 Å². The second-order valence-electron chi connectivity index (χ2n) is 4.55. The number of nitrogens with one attached hydrogen (secondary N) is 1. The molecule has 1 aromatic carbocycles. The molecule has 0 fully saturated rings. The summed E-state index contributed by atoms with van der Waals surface area (Å²) in [4.78, 5) is 0.